The van der Waals surface area contributed by atoms with E-state index in [0.717, 1.165) is 17.8 Å². The van der Waals surface area contributed by atoms with E-state index in [1.165, 1.54) is 6.07 Å². The number of aromatic nitrogens is 4. The summed E-state index contributed by atoms with van der Waals surface area (Å²) in [6.07, 6.45) is 3.36. The van der Waals surface area contributed by atoms with Crippen LogP contribution >= 0.6 is 0 Å². The number of pyridine rings is 1. The van der Waals surface area contributed by atoms with Crippen molar-refractivity contribution in [1.29, 1.82) is 0 Å². The van der Waals surface area contributed by atoms with Crippen molar-refractivity contribution in [1.82, 2.24) is 25.3 Å². The predicted octanol–water partition coefficient (Wildman–Crippen LogP) is 3.63. The Labute approximate surface area is 176 Å². The Morgan fingerprint density at radius 3 is 2.55 bits per heavy atom. The maximum Gasteiger partial charge on any atom is 0.274 e. The minimum Gasteiger partial charge on any atom is -0.382 e. The summed E-state index contributed by atoms with van der Waals surface area (Å²) in [6, 6.07) is 10.7. The Hall–Kier alpha value is -4.14. The monoisotopic (exact) mass is 420 g/mol. The smallest absolute Gasteiger partial charge is 0.274 e. The van der Waals surface area contributed by atoms with Crippen LogP contribution in [0.25, 0.3) is 22.6 Å². The molecule has 0 aliphatic rings. The molecular weight excluding hydrogens is 402 g/mol. The third-order valence-corrected chi connectivity index (χ3v) is 4.65. The molecule has 4 rings (SSSR count). The summed E-state index contributed by atoms with van der Waals surface area (Å²) in [4.78, 5) is 28.8. The molecule has 0 bridgehead atoms. The average molecular weight is 420 g/mol. The largest absolute Gasteiger partial charge is 0.382 e. The maximum absolute atomic E-state index is 13.9. The molecule has 4 N–H and O–H groups in total. The Balaban J connectivity index is 1.73. The molecule has 3 aromatic heterocycles. The number of nitrogens with zero attached hydrogens (tertiary/aromatic N) is 3. The molecule has 156 valence electrons. The van der Waals surface area contributed by atoms with Gasteiger partial charge in [-0.2, -0.15) is 0 Å². The highest BCUT2D eigenvalue weighted by Crippen LogP contribution is 2.30. The molecule has 7 nitrogen and oxygen atoms in total. The number of benzene rings is 1. The van der Waals surface area contributed by atoms with Gasteiger partial charge < -0.3 is 16.0 Å². The van der Waals surface area contributed by atoms with Gasteiger partial charge in [0.05, 0.1) is 11.4 Å². The van der Waals surface area contributed by atoms with Crippen LogP contribution in [0.2, 0.25) is 0 Å². The number of amides is 1. The van der Waals surface area contributed by atoms with Crippen molar-refractivity contribution < 1.29 is 13.6 Å². The summed E-state index contributed by atoms with van der Waals surface area (Å²) in [7, 11) is 0. The van der Waals surface area contributed by atoms with Crippen LogP contribution in [0.1, 0.15) is 21.7 Å². The van der Waals surface area contributed by atoms with Gasteiger partial charge in [0.1, 0.15) is 17.3 Å². The number of nitrogen functional groups attached to an aromatic ring is 1. The molecule has 1 aromatic carbocycles. The first-order valence-electron chi connectivity index (χ1n) is 9.39. The lowest BCUT2D eigenvalue weighted by molar-refractivity contribution is 0.0946. The third-order valence-electron chi connectivity index (χ3n) is 4.65. The number of carbonyl (C=O) groups excluding carboxylic acids is 1. The van der Waals surface area contributed by atoms with Crippen LogP contribution in [-0.4, -0.2) is 25.8 Å². The number of hydrogen-bond donors (Lipinski definition) is 3. The second-order valence-electron chi connectivity index (χ2n) is 6.81. The number of halogens is 2. The van der Waals surface area contributed by atoms with Gasteiger partial charge in [0.25, 0.3) is 5.91 Å². The van der Waals surface area contributed by atoms with Crippen LogP contribution in [0.15, 0.2) is 54.9 Å². The predicted molar refractivity (Wildman–Crippen MR) is 112 cm³/mol. The van der Waals surface area contributed by atoms with Gasteiger partial charge in [-0.1, -0.05) is 6.07 Å². The lowest BCUT2D eigenvalue weighted by Crippen LogP contribution is -2.26. The fourth-order valence-electron chi connectivity index (χ4n) is 3.13. The van der Waals surface area contributed by atoms with Crippen molar-refractivity contribution in [2.45, 2.75) is 13.5 Å². The first-order valence-corrected chi connectivity index (χ1v) is 9.39. The van der Waals surface area contributed by atoms with Crippen molar-refractivity contribution >= 4 is 11.7 Å². The summed E-state index contributed by atoms with van der Waals surface area (Å²) >= 11 is 0. The molecule has 0 fully saturated rings. The second kappa shape index (κ2) is 8.31. The van der Waals surface area contributed by atoms with Gasteiger partial charge in [0.15, 0.2) is 11.5 Å². The summed E-state index contributed by atoms with van der Waals surface area (Å²) in [6.45, 7) is 1.47. The molecule has 0 aliphatic carbocycles. The maximum atomic E-state index is 13.9. The summed E-state index contributed by atoms with van der Waals surface area (Å²) < 4.78 is 27.7. The van der Waals surface area contributed by atoms with Crippen molar-refractivity contribution in [3.8, 4) is 22.6 Å². The van der Waals surface area contributed by atoms with Crippen LogP contribution < -0.4 is 11.1 Å². The van der Waals surface area contributed by atoms with Gasteiger partial charge in [-0.05, 0) is 43.3 Å². The molecule has 0 radical (unpaired) electrons. The van der Waals surface area contributed by atoms with E-state index >= 15 is 0 Å². The van der Waals surface area contributed by atoms with Gasteiger partial charge in [0.2, 0.25) is 0 Å². The zero-order valence-corrected chi connectivity index (χ0v) is 16.5. The molecule has 4 aromatic rings. The molecule has 0 saturated carbocycles. The molecular formula is C22H18F2N6O. The van der Waals surface area contributed by atoms with E-state index in [1.54, 1.807) is 24.5 Å². The second-order valence-corrected chi connectivity index (χ2v) is 6.81. The quantitative estimate of drug-likeness (QED) is 0.457. The van der Waals surface area contributed by atoms with Crippen LogP contribution in [-0.2, 0) is 6.54 Å². The molecule has 0 atom stereocenters. The number of nitrogens with two attached hydrogens (primary N) is 1. The first-order chi connectivity index (χ1) is 14.9. The fourth-order valence-corrected chi connectivity index (χ4v) is 3.13. The van der Waals surface area contributed by atoms with E-state index in [-0.39, 0.29) is 23.6 Å². The minimum absolute atomic E-state index is 0.106. The molecule has 0 aliphatic heterocycles. The van der Waals surface area contributed by atoms with Gasteiger partial charge in [-0.25, -0.2) is 18.7 Å². The van der Waals surface area contributed by atoms with Crippen LogP contribution in [0, 0.1) is 18.6 Å². The first kappa shape index (κ1) is 20.1. The summed E-state index contributed by atoms with van der Waals surface area (Å²) in [5.41, 5.74) is 8.63. The highest BCUT2D eigenvalue weighted by molar-refractivity contribution is 5.97. The minimum atomic E-state index is -0.755. The van der Waals surface area contributed by atoms with Crippen LogP contribution in [0.4, 0.5) is 14.6 Å². The van der Waals surface area contributed by atoms with Crippen LogP contribution in [0.3, 0.4) is 0 Å². The molecule has 9 heteroatoms. The summed E-state index contributed by atoms with van der Waals surface area (Å²) in [5.74, 6) is -2.31. The topological polar surface area (TPSA) is 110 Å². The van der Waals surface area contributed by atoms with Gasteiger partial charge in [-0.3, -0.25) is 9.78 Å². The number of nitrogens with one attached hydrogen (secondary N) is 2. The van der Waals surface area contributed by atoms with Crippen molar-refractivity contribution in [3.63, 3.8) is 0 Å². The number of aromatic amines is 1. The van der Waals surface area contributed by atoms with Gasteiger partial charge >= 0.3 is 0 Å². The number of hydrogen-bond acceptors (Lipinski definition) is 5. The fraction of sp³-hybridized carbons (Fsp3) is 0.0909. The molecule has 1 amide bonds. The zero-order chi connectivity index (χ0) is 22.0. The third kappa shape index (κ3) is 4.11. The SMILES string of the molecule is Cc1cc(-c2nc(C(=O)NCc3c(F)cccc3F)c(N)nc2-c2ccc[nH]2)ccn1. The Morgan fingerprint density at radius 2 is 1.87 bits per heavy atom. The number of H-pyrrole nitrogens is 1. The van der Waals surface area contributed by atoms with E-state index in [1.807, 2.05) is 19.1 Å². The molecule has 3 heterocycles. The van der Waals surface area contributed by atoms with E-state index in [9.17, 15) is 13.6 Å². The van der Waals surface area contributed by atoms with Crippen LogP contribution in [0.5, 0.6) is 0 Å². The lowest BCUT2D eigenvalue weighted by atomic mass is 10.1. The number of carbonyl (C=O) groups is 1. The number of rotatable bonds is 5. The summed E-state index contributed by atoms with van der Waals surface area (Å²) in [5, 5.41) is 2.46. The Bertz CT molecular complexity index is 1240. The molecule has 0 saturated heterocycles. The van der Waals surface area contributed by atoms with Gasteiger partial charge in [-0.15, -0.1) is 0 Å². The standard InChI is InChI=1S/C22H18F2N6O/c1-12-10-13(7-9-26-12)18-19(17-6-3-8-27-17)30-21(25)20(29-18)22(31)28-11-14-15(23)4-2-5-16(14)24/h2-10,27H,11H2,1H3,(H2,25,30)(H,28,31). The lowest BCUT2D eigenvalue weighted by Gasteiger charge is -2.13. The van der Waals surface area contributed by atoms with Gasteiger partial charge in [0, 0.05) is 35.8 Å². The Kier molecular flexibility index (Phi) is 5.40. The highest BCUT2D eigenvalue weighted by Gasteiger charge is 2.21. The van der Waals surface area contributed by atoms with E-state index in [4.69, 9.17) is 5.73 Å². The zero-order valence-electron chi connectivity index (χ0n) is 16.5. The van der Waals surface area contributed by atoms with Crippen molar-refractivity contribution in [3.05, 3.63) is 83.4 Å². The highest BCUT2D eigenvalue weighted by atomic mass is 19.1. The van der Waals surface area contributed by atoms with E-state index < -0.39 is 17.5 Å². The normalized spacial score (nSPS) is 10.8. The molecule has 0 unspecified atom stereocenters. The number of anilines is 1. The number of aryl methyl sites for hydroxylation is 1. The van der Waals surface area contributed by atoms with E-state index in [2.05, 4.69) is 25.3 Å². The molecule has 31 heavy (non-hydrogen) atoms. The average Bonchev–Trinajstić information content (AvgIpc) is 3.28. The van der Waals surface area contributed by atoms with E-state index in [0.29, 0.717) is 22.6 Å². The van der Waals surface area contributed by atoms with Crippen molar-refractivity contribution in [2.24, 2.45) is 0 Å². The molecule has 0 spiro atoms. The Morgan fingerprint density at radius 1 is 1.10 bits per heavy atom. The van der Waals surface area contributed by atoms with Crippen molar-refractivity contribution in [2.75, 3.05) is 5.73 Å².